The number of urea groups is 1. The topological polar surface area (TPSA) is 78.9 Å². The van der Waals surface area contributed by atoms with Gasteiger partial charge in [-0.15, -0.1) is 0 Å². The normalized spacial score (nSPS) is 18.6. The van der Waals surface area contributed by atoms with Gasteiger partial charge in [0.25, 0.3) is 0 Å². The molecule has 0 bridgehead atoms. The molecule has 112 valence electrons. The Kier molecular flexibility index (Phi) is 4.22. The van der Waals surface area contributed by atoms with Crippen LogP contribution in [0.3, 0.4) is 0 Å². The van der Waals surface area contributed by atoms with E-state index >= 15 is 0 Å². The van der Waals surface area contributed by atoms with Crippen molar-refractivity contribution in [3.63, 3.8) is 0 Å². The maximum Gasteiger partial charge on any atom is 0.337 e. The van der Waals surface area contributed by atoms with Gasteiger partial charge in [0.2, 0.25) is 0 Å². The van der Waals surface area contributed by atoms with Crippen LogP contribution in [0.1, 0.15) is 18.5 Å². The van der Waals surface area contributed by atoms with E-state index in [0.717, 1.165) is 0 Å². The lowest BCUT2D eigenvalue weighted by Crippen LogP contribution is -2.46. The molecule has 0 aromatic heterocycles. The molecule has 0 saturated carbocycles. The Bertz CT molecular complexity index is 642. The maximum atomic E-state index is 12.1. The van der Waals surface area contributed by atoms with Gasteiger partial charge in [-0.25, -0.2) is 9.59 Å². The van der Waals surface area contributed by atoms with E-state index in [1.165, 1.54) is 24.1 Å². The average Bonchev–Trinajstić information content (AvgIpc) is 2.46. The minimum atomic E-state index is -0.692. The number of benzene rings is 1. The maximum absolute atomic E-state index is 12.1. The minimum Gasteiger partial charge on any atom is -0.508 e. The number of carbonyl (C=O) groups excluding carboxylic acids is 2. The molecular weight excluding hydrogens is 340 g/mol. The Morgan fingerprint density at radius 2 is 2.14 bits per heavy atom. The Labute approximate surface area is 130 Å². The van der Waals surface area contributed by atoms with Crippen LogP contribution in [0.25, 0.3) is 0 Å². The van der Waals surface area contributed by atoms with Gasteiger partial charge in [-0.3, -0.25) is 0 Å². The zero-order valence-corrected chi connectivity index (χ0v) is 13.4. The molecule has 1 aromatic rings. The van der Waals surface area contributed by atoms with Crippen LogP contribution in [0.5, 0.6) is 5.75 Å². The highest BCUT2D eigenvalue weighted by molar-refractivity contribution is 9.10. The van der Waals surface area contributed by atoms with Crippen LogP contribution in [-0.4, -0.2) is 36.2 Å². The number of hydrogen-bond acceptors (Lipinski definition) is 4. The second kappa shape index (κ2) is 5.77. The van der Waals surface area contributed by atoms with Crippen molar-refractivity contribution in [2.75, 3.05) is 14.2 Å². The van der Waals surface area contributed by atoms with Crippen molar-refractivity contribution >= 4 is 27.9 Å². The summed E-state index contributed by atoms with van der Waals surface area (Å²) in [5.74, 6) is -0.483. The van der Waals surface area contributed by atoms with Crippen molar-refractivity contribution in [2.45, 2.75) is 13.0 Å². The fourth-order valence-electron chi connectivity index (χ4n) is 2.20. The SMILES string of the molecule is COC(=O)C1=C(C)N(C)C(=O)N[C@H]1c1cc(O)ccc1Br. The Balaban J connectivity index is 2.62. The fourth-order valence-corrected chi connectivity index (χ4v) is 2.67. The smallest absolute Gasteiger partial charge is 0.337 e. The van der Waals surface area contributed by atoms with Crippen molar-refractivity contribution in [2.24, 2.45) is 0 Å². The van der Waals surface area contributed by atoms with E-state index in [0.29, 0.717) is 21.3 Å². The van der Waals surface area contributed by atoms with Gasteiger partial charge >= 0.3 is 12.0 Å². The molecule has 0 radical (unpaired) electrons. The molecule has 2 N–H and O–H groups in total. The molecule has 0 unspecified atom stereocenters. The highest BCUT2D eigenvalue weighted by Crippen LogP contribution is 2.35. The molecule has 1 atom stereocenters. The first-order valence-electron chi connectivity index (χ1n) is 6.18. The van der Waals surface area contributed by atoms with Gasteiger partial charge in [0.05, 0.1) is 18.7 Å². The summed E-state index contributed by atoms with van der Waals surface area (Å²) < 4.78 is 5.48. The lowest BCUT2D eigenvalue weighted by Gasteiger charge is -2.33. The number of phenolic OH excluding ortho intramolecular Hbond substituents is 1. The molecule has 7 heteroatoms. The number of phenols is 1. The summed E-state index contributed by atoms with van der Waals surface area (Å²) in [5.41, 5.74) is 1.41. The molecule has 2 amide bonds. The lowest BCUT2D eigenvalue weighted by atomic mass is 9.95. The number of carbonyl (C=O) groups is 2. The van der Waals surface area contributed by atoms with Gasteiger partial charge < -0.3 is 20.1 Å². The van der Waals surface area contributed by atoms with Gasteiger partial charge in [-0.05, 0) is 30.7 Å². The van der Waals surface area contributed by atoms with Gasteiger partial charge in [0, 0.05) is 17.2 Å². The summed E-state index contributed by atoms with van der Waals surface area (Å²) in [6, 6.07) is 3.64. The largest absolute Gasteiger partial charge is 0.508 e. The predicted molar refractivity (Wildman–Crippen MR) is 79.6 cm³/mol. The Hall–Kier alpha value is -2.02. The molecule has 0 saturated heterocycles. The van der Waals surface area contributed by atoms with E-state index in [-0.39, 0.29) is 11.8 Å². The van der Waals surface area contributed by atoms with Crippen molar-refractivity contribution in [1.29, 1.82) is 0 Å². The number of ether oxygens (including phenoxy) is 1. The van der Waals surface area contributed by atoms with E-state index in [9.17, 15) is 14.7 Å². The van der Waals surface area contributed by atoms with Gasteiger partial charge in [-0.2, -0.15) is 0 Å². The third-order valence-electron chi connectivity index (χ3n) is 3.45. The monoisotopic (exact) mass is 354 g/mol. The van der Waals surface area contributed by atoms with Crippen LogP contribution < -0.4 is 5.32 Å². The average molecular weight is 355 g/mol. The highest BCUT2D eigenvalue weighted by Gasteiger charge is 2.35. The number of methoxy groups -OCH3 is 1. The Morgan fingerprint density at radius 3 is 2.76 bits per heavy atom. The molecule has 2 rings (SSSR count). The van der Waals surface area contributed by atoms with Crippen LogP contribution in [0, 0.1) is 0 Å². The Morgan fingerprint density at radius 1 is 1.48 bits per heavy atom. The molecule has 0 aliphatic carbocycles. The van der Waals surface area contributed by atoms with Crippen LogP contribution >= 0.6 is 15.9 Å². The van der Waals surface area contributed by atoms with Crippen molar-refractivity contribution < 1.29 is 19.4 Å². The van der Waals surface area contributed by atoms with Gasteiger partial charge in [-0.1, -0.05) is 15.9 Å². The second-order valence-corrected chi connectivity index (χ2v) is 5.49. The zero-order valence-electron chi connectivity index (χ0n) is 11.8. The lowest BCUT2D eigenvalue weighted by molar-refractivity contribution is -0.136. The summed E-state index contributed by atoms with van der Waals surface area (Å²) in [4.78, 5) is 25.4. The number of aromatic hydroxyl groups is 1. The molecule has 1 heterocycles. The van der Waals surface area contributed by atoms with E-state index in [4.69, 9.17) is 4.74 Å². The fraction of sp³-hybridized carbons (Fsp3) is 0.286. The van der Waals surface area contributed by atoms with E-state index in [2.05, 4.69) is 21.2 Å². The number of allylic oxidation sites excluding steroid dienone is 1. The number of esters is 1. The summed E-state index contributed by atoms with van der Waals surface area (Å²) in [7, 11) is 2.86. The molecule has 6 nitrogen and oxygen atoms in total. The first kappa shape index (κ1) is 15.4. The molecule has 1 aliphatic rings. The molecule has 0 fully saturated rings. The highest BCUT2D eigenvalue weighted by atomic mass is 79.9. The van der Waals surface area contributed by atoms with Crippen molar-refractivity contribution in [1.82, 2.24) is 10.2 Å². The number of nitrogens with zero attached hydrogens (tertiary/aromatic N) is 1. The third-order valence-corrected chi connectivity index (χ3v) is 4.17. The third kappa shape index (κ3) is 2.73. The number of amides is 2. The van der Waals surface area contributed by atoms with Crippen LogP contribution in [-0.2, 0) is 9.53 Å². The minimum absolute atomic E-state index is 0.0447. The van der Waals surface area contributed by atoms with Gasteiger partial charge in [0.1, 0.15) is 5.75 Å². The zero-order chi connectivity index (χ0) is 15.7. The van der Waals surface area contributed by atoms with E-state index in [1.807, 2.05) is 0 Å². The number of halogens is 1. The van der Waals surface area contributed by atoms with Crippen LogP contribution in [0.4, 0.5) is 4.79 Å². The predicted octanol–water partition coefficient (Wildman–Crippen LogP) is 2.30. The quantitative estimate of drug-likeness (QED) is 0.798. The summed E-state index contributed by atoms with van der Waals surface area (Å²) in [6.45, 7) is 1.68. The number of rotatable bonds is 2. The summed E-state index contributed by atoms with van der Waals surface area (Å²) in [5, 5.41) is 12.4. The molecule has 0 spiro atoms. The summed E-state index contributed by atoms with van der Waals surface area (Å²) >= 11 is 3.37. The van der Waals surface area contributed by atoms with Crippen LogP contribution in [0.2, 0.25) is 0 Å². The van der Waals surface area contributed by atoms with Crippen LogP contribution in [0.15, 0.2) is 33.9 Å². The molecular formula is C14H15BrN2O4. The summed E-state index contributed by atoms with van der Waals surface area (Å²) in [6.07, 6.45) is 0. The molecule has 1 aliphatic heterocycles. The molecule has 1 aromatic carbocycles. The van der Waals surface area contributed by atoms with Crippen molar-refractivity contribution in [3.05, 3.63) is 39.5 Å². The van der Waals surface area contributed by atoms with E-state index < -0.39 is 12.0 Å². The number of nitrogens with one attached hydrogen (secondary N) is 1. The first-order chi connectivity index (χ1) is 9.86. The second-order valence-electron chi connectivity index (χ2n) is 4.64. The first-order valence-corrected chi connectivity index (χ1v) is 6.97. The van der Waals surface area contributed by atoms with E-state index in [1.54, 1.807) is 20.0 Å². The number of hydrogen-bond donors (Lipinski definition) is 2. The van der Waals surface area contributed by atoms with Crippen molar-refractivity contribution in [3.8, 4) is 5.75 Å². The standard InChI is InChI=1S/C14H15BrN2O4/c1-7-11(13(19)21-3)12(16-14(20)17(7)2)9-6-8(18)4-5-10(9)15/h4-6,12,18H,1-3H3,(H,16,20)/t12-/m0/s1. The van der Waals surface area contributed by atoms with Gasteiger partial charge in [0.15, 0.2) is 0 Å². The molecule has 21 heavy (non-hydrogen) atoms.